The van der Waals surface area contributed by atoms with Gasteiger partial charge in [-0.3, -0.25) is 4.79 Å². The van der Waals surface area contributed by atoms with Crippen molar-refractivity contribution in [2.45, 2.75) is 13.0 Å². The van der Waals surface area contributed by atoms with Crippen LogP contribution < -0.4 is 5.32 Å². The summed E-state index contributed by atoms with van der Waals surface area (Å²) in [5.74, 6) is -0.0675. The Morgan fingerprint density at radius 1 is 1.45 bits per heavy atom. The molecule has 1 amide bonds. The highest BCUT2D eigenvalue weighted by atomic mass is 35.5. The van der Waals surface area contributed by atoms with Crippen LogP contribution in [0.3, 0.4) is 0 Å². The van der Waals surface area contributed by atoms with E-state index in [1.54, 1.807) is 18.2 Å². The summed E-state index contributed by atoms with van der Waals surface area (Å²) in [5.41, 5.74) is 3.72. The molecular formula is C16H11ClN2O. The predicted molar refractivity (Wildman–Crippen MR) is 79.5 cm³/mol. The second kappa shape index (κ2) is 4.99. The number of hydrogen-bond acceptors (Lipinski definition) is 1. The zero-order valence-electron chi connectivity index (χ0n) is 11.5. The minimum absolute atomic E-state index is 0.0675. The van der Waals surface area contributed by atoms with Gasteiger partial charge in [0, 0.05) is 21.8 Å². The molecule has 0 aliphatic carbocycles. The third-order valence-electron chi connectivity index (χ3n) is 3.28. The number of fused-ring (bicyclic) bond motifs is 1. The molecule has 0 aromatic heterocycles. The average molecular weight is 285 g/mol. The van der Waals surface area contributed by atoms with Gasteiger partial charge in [-0.15, -0.1) is 0 Å². The molecule has 0 saturated carbocycles. The minimum atomic E-state index is -0.0675. The number of carbonyl (C=O) groups excluding carboxylic acids is 1. The fourth-order valence-corrected chi connectivity index (χ4v) is 2.69. The highest BCUT2D eigenvalue weighted by Gasteiger charge is 2.19. The van der Waals surface area contributed by atoms with Gasteiger partial charge in [0.25, 0.3) is 0 Å². The number of nitrogens with zero attached hydrogens (tertiary/aromatic N) is 1. The fraction of sp³-hybridized carbons (Fsp3) is 0.125. The average Bonchev–Trinajstić information content (AvgIpc) is 2.78. The molecule has 0 spiro atoms. The summed E-state index contributed by atoms with van der Waals surface area (Å²) in [6.07, 6.45) is 0.311. The second-order valence-electron chi connectivity index (χ2n) is 4.60. The Kier molecular flexibility index (Phi) is 2.87. The first-order chi connectivity index (χ1) is 10.1. The van der Waals surface area contributed by atoms with Gasteiger partial charge in [-0.25, -0.2) is 6.57 Å². The maximum Gasteiger partial charge on any atom is 0.240 e. The lowest BCUT2D eigenvalue weighted by atomic mass is 9.97. The minimum Gasteiger partial charge on any atom is -0.326 e. The number of nitrogens with one attached hydrogen (secondary N) is 1. The van der Waals surface area contributed by atoms with Gasteiger partial charge in [0.15, 0.2) is 0 Å². The van der Waals surface area contributed by atoms with Crippen LogP contribution in [0, 0.1) is 6.57 Å². The number of halogens is 1. The topological polar surface area (TPSA) is 33.5 Å². The first-order valence-corrected chi connectivity index (χ1v) is 6.52. The summed E-state index contributed by atoms with van der Waals surface area (Å²) in [4.78, 5) is 14.9. The summed E-state index contributed by atoms with van der Waals surface area (Å²) in [6, 6.07) is 9.14. The van der Waals surface area contributed by atoms with E-state index in [0.717, 1.165) is 11.1 Å². The van der Waals surface area contributed by atoms with Crippen molar-refractivity contribution in [3.63, 3.8) is 0 Å². The van der Waals surface area contributed by atoms with E-state index in [-0.39, 0.29) is 18.5 Å². The van der Waals surface area contributed by atoms with Gasteiger partial charge in [-0.2, -0.15) is 0 Å². The maximum absolute atomic E-state index is 11.5. The van der Waals surface area contributed by atoms with Crippen molar-refractivity contribution in [2.24, 2.45) is 0 Å². The molecule has 3 nitrogen and oxygen atoms in total. The second-order valence-corrected chi connectivity index (χ2v) is 5.01. The molecule has 0 atom stereocenters. The highest BCUT2D eigenvalue weighted by Crippen LogP contribution is 2.35. The molecule has 1 heterocycles. The van der Waals surface area contributed by atoms with Crippen LogP contribution in [0.2, 0.25) is 5.02 Å². The van der Waals surface area contributed by atoms with Gasteiger partial charge in [-0.1, -0.05) is 29.8 Å². The summed E-state index contributed by atoms with van der Waals surface area (Å²) in [5, 5.41) is 3.25. The standard InChI is InChI=1S/C16H11ClN2O/c1-18-9-11-3-2-4-13(17)16(11)10-5-6-14-12(7-10)8-15(20)19-14/h2-7H,8-9H2,(H,19,20)/i5T. The number of anilines is 1. The van der Waals surface area contributed by atoms with Gasteiger partial charge >= 0.3 is 0 Å². The lowest BCUT2D eigenvalue weighted by Crippen LogP contribution is -2.03. The first kappa shape index (κ1) is 11.5. The summed E-state index contributed by atoms with van der Waals surface area (Å²) in [6.45, 7) is 7.26. The Labute approximate surface area is 123 Å². The normalized spacial score (nSPS) is 13.4. The molecule has 1 aliphatic rings. The van der Waals surface area contributed by atoms with E-state index in [2.05, 4.69) is 10.2 Å². The third kappa shape index (κ3) is 2.15. The molecule has 20 heavy (non-hydrogen) atoms. The Hall–Kier alpha value is -2.31. The number of benzene rings is 2. The zero-order valence-corrected chi connectivity index (χ0v) is 11.3. The number of carbonyl (C=O) groups is 1. The van der Waals surface area contributed by atoms with Crippen molar-refractivity contribution >= 4 is 23.2 Å². The van der Waals surface area contributed by atoms with E-state index in [4.69, 9.17) is 19.5 Å². The molecule has 0 unspecified atom stereocenters. The molecule has 0 fully saturated rings. The van der Waals surface area contributed by atoms with Gasteiger partial charge in [0.05, 0.1) is 7.79 Å². The van der Waals surface area contributed by atoms with Crippen molar-refractivity contribution < 1.29 is 6.17 Å². The Morgan fingerprint density at radius 2 is 2.30 bits per heavy atom. The van der Waals surface area contributed by atoms with E-state index in [1.807, 2.05) is 12.1 Å². The zero-order chi connectivity index (χ0) is 15.0. The number of amides is 1. The Morgan fingerprint density at radius 3 is 3.10 bits per heavy atom. The highest BCUT2D eigenvalue weighted by molar-refractivity contribution is 6.33. The smallest absolute Gasteiger partial charge is 0.240 e. The predicted octanol–water partition coefficient (Wildman–Crippen LogP) is 3.92. The molecule has 1 aliphatic heterocycles. The van der Waals surface area contributed by atoms with E-state index >= 15 is 0 Å². The first-order valence-electron chi connectivity index (χ1n) is 6.64. The molecule has 98 valence electrons. The Bertz CT molecular complexity index is 796. The van der Waals surface area contributed by atoms with E-state index in [0.29, 0.717) is 28.3 Å². The SMILES string of the molecule is [3H]c1cc2c(cc1-c1c(Cl)cccc1C[N+]#[C-])CC(=O)N2. The van der Waals surface area contributed by atoms with Crippen LogP contribution in [0.25, 0.3) is 16.0 Å². The molecule has 2 aromatic carbocycles. The molecule has 0 saturated heterocycles. The van der Waals surface area contributed by atoms with Crippen LogP contribution in [0.5, 0.6) is 0 Å². The van der Waals surface area contributed by atoms with Crippen LogP contribution in [0.4, 0.5) is 5.69 Å². The molecule has 0 bridgehead atoms. The summed E-state index contributed by atoms with van der Waals surface area (Å²) in [7, 11) is 0. The van der Waals surface area contributed by atoms with Gasteiger partial charge < -0.3 is 10.2 Å². The van der Waals surface area contributed by atoms with E-state index in [1.165, 1.54) is 0 Å². The van der Waals surface area contributed by atoms with Crippen LogP contribution in [-0.4, -0.2) is 5.91 Å². The quantitative estimate of drug-likeness (QED) is 0.833. The molecule has 0 radical (unpaired) electrons. The van der Waals surface area contributed by atoms with Crippen LogP contribution >= 0.6 is 11.6 Å². The van der Waals surface area contributed by atoms with Gasteiger partial charge in [-0.05, 0) is 29.3 Å². The summed E-state index contributed by atoms with van der Waals surface area (Å²) >= 11 is 6.28. The maximum atomic E-state index is 11.5. The molecule has 1 N–H and O–H groups in total. The monoisotopic (exact) mass is 284 g/mol. The van der Waals surface area contributed by atoms with Crippen LogP contribution in [0.1, 0.15) is 12.5 Å². The van der Waals surface area contributed by atoms with Crippen LogP contribution in [-0.2, 0) is 17.8 Å². The third-order valence-corrected chi connectivity index (χ3v) is 3.60. The van der Waals surface area contributed by atoms with Gasteiger partial charge in [0.1, 0.15) is 0 Å². The lowest BCUT2D eigenvalue weighted by molar-refractivity contribution is -0.115. The van der Waals surface area contributed by atoms with E-state index < -0.39 is 0 Å². The Balaban J connectivity index is 2.21. The van der Waals surface area contributed by atoms with Crippen molar-refractivity contribution in [3.05, 3.63) is 63.9 Å². The largest absolute Gasteiger partial charge is 0.326 e. The fourth-order valence-electron chi connectivity index (χ4n) is 2.40. The molecular weight excluding hydrogens is 272 g/mol. The molecule has 3 rings (SSSR count). The lowest BCUT2D eigenvalue weighted by Gasteiger charge is -2.09. The van der Waals surface area contributed by atoms with Crippen molar-refractivity contribution in [1.82, 2.24) is 0 Å². The van der Waals surface area contributed by atoms with Crippen molar-refractivity contribution in [1.29, 1.82) is 0 Å². The number of hydrogen-bond donors (Lipinski definition) is 1. The molecule has 4 heteroatoms. The molecule has 2 aromatic rings. The van der Waals surface area contributed by atoms with Crippen molar-refractivity contribution in [3.8, 4) is 11.1 Å². The van der Waals surface area contributed by atoms with E-state index in [9.17, 15) is 4.79 Å². The number of rotatable bonds is 2. The summed E-state index contributed by atoms with van der Waals surface area (Å²) < 4.78 is 8.18. The van der Waals surface area contributed by atoms with Crippen LogP contribution in [0.15, 0.2) is 36.4 Å². The van der Waals surface area contributed by atoms with Gasteiger partial charge in [0.2, 0.25) is 12.5 Å². The van der Waals surface area contributed by atoms with Crippen molar-refractivity contribution in [2.75, 3.05) is 5.32 Å².